The van der Waals surface area contributed by atoms with Gasteiger partial charge in [0.2, 0.25) is 0 Å². The Bertz CT molecular complexity index is 119. The van der Waals surface area contributed by atoms with Crippen LogP contribution in [0.15, 0.2) is 0 Å². The molecule has 0 heterocycles. The van der Waals surface area contributed by atoms with Crippen LogP contribution >= 0.6 is 63.7 Å². The van der Waals surface area contributed by atoms with Crippen molar-refractivity contribution in [2.24, 2.45) is 0 Å². The highest BCUT2D eigenvalue weighted by atomic mass is 79.9. The lowest BCUT2D eigenvalue weighted by Crippen LogP contribution is -1.99. The smallest absolute Gasteiger partial charge is 0.0697 e. The van der Waals surface area contributed by atoms with E-state index in [1.165, 1.54) is 62.5 Å². The molecule has 0 aromatic heterocycles. The lowest BCUT2D eigenvalue weighted by Gasteiger charge is -2.02. The summed E-state index contributed by atoms with van der Waals surface area (Å²) in [5, 5.41) is 0. The number of hydrogen-bond acceptors (Lipinski definition) is 0. The largest absolute Gasteiger partial charge is 0.0765 e. The first-order valence-corrected chi connectivity index (χ1v) is 11.6. The Labute approximate surface area is 132 Å². The van der Waals surface area contributed by atoms with Crippen molar-refractivity contribution in [2.45, 2.75) is 50.9 Å². The maximum Gasteiger partial charge on any atom is 0.0697 e. The Hall–Kier alpha value is 2.35. The average molecular weight is 500 g/mol. The van der Waals surface area contributed by atoms with Crippen LogP contribution in [0.5, 0.6) is 0 Å². The van der Waals surface area contributed by atoms with Gasteiger partial charge in [0, 0.05) is 19.0 Å². The first-order valence-electron chi connectivity index (χ1n) is 5.10. The van der Waals surface area contributed by atoms with Crippen LogP contribution in [0.2, 0.25) is 17.8 Å². The Morgan fingerprint density at radius 1 is 0.733 bits per heavy atom. The minimum atomic E-state index is 0.520. The quantitative estimate of drug-likeness (QED) is 0.214. The second kappa shape index (κ2) is 12.8. The predicted octanol–water partition coefficient (Wildman–Crippen LogP) is 5.40. The monoisotopic (exact) mass is 496 g/mol. The summed E-state index contributed by atoms with van der Waals surface area (Å²) in [6.45, 7) is 0. The summed E-state index contributed by atoms with van der Waals surface area (Å²) in [5.41, 5.74) is 1.46. The molecule has 0 aromatic carbocycles. The summed E-state index contributed by atoms with van der Waals surface area (Å²) in [5.74, 6) is 0. The van der Waals surface area contributed by atoms with Crippen LogP contribution in [0.4, 0.5) is 0 Å². The van der Waals surface area contributed by atoms with E-state index in [9.17, 15) is 0 Å². The minimum absolute atomic E-state index is 0.520. The van der Waals surface area contributed by atoms with Gasteiger partial charge in [0.05, 0.1) is 7.47 Å². The summed E-state index contributed by atoms with van der Waals surface area (Å²) < 4.78 is 1.04. The minimum Gasteiger partial charge on any atom is -0.0765 e. The highest BCUT2D eigenvalue weighted by Crippen LogP contribution is 2.17. The second-order valence-electron chi connectivity index (χ2n) is 3.24. The lowest BCUT2D eigenvalue weighted by molar-refractivity contribution is 0.872. The van der Waals surface area contributed by atoms with E-state index >= 15 is 0 Å². The van der Waals surface area contributed by atoms with Crippen molar-refractivity contribution in [3.05, 3.63) is 0 Å². The first-order chi connectivity index (χ1) is 7.13. The molecule has 0 aliphatic rings. The van der Waals surface area contributed by atoms with Gasteiger partial charge in [0.15, 0.2) is 0 Å². The van der Waals surface area contributed by atoms with E-state index in [0.29, 0.717) is 7.47 Å². The molecule has 0 unspecified atom stereocenters. The average Bonchev–Trinajstić information content (AvgIpc) is 2.14. The maximum absolute atomic E-state index is 3.50. The second-order valence-corrected chi connectivity index (χ2v) is 13.5. The third kappa shape index (κ3) is 16.4. The lowest BCUT2D eigenvalue weighted by atomic mass is 10.4. The molecule has 0 aliphatic carbocycles. The number of hydrogen-bond donors (Lipinski definition) is 0. The van der Waals surface area contributed by atoms with E-state index in [4.69, 9.17) is 0 Å². The highest BCUT2D eigenvalue weighted by molar-refractivity contribution is 9.25. The molecule has 0 bridgehead atoms. The summed E-state index contributed by atoms with van der Waals surface area (Å²) >= 11 is 14.0. The first kappa shape index (κ1) is 17.4. The van der Waals surface area contributed by atoms with Gasteiger partial charge in [-0.25, -0.2) is 0 Å². The summed E-state index contributed by atoms with van der Waals surface area (Å²) in [6.07, 6.45) is 5.22. The van der Waals surface area contributed by atoms with Crippen LogP contribution in [0, 0.1) is 0 Å². The fourth-order valence-corrected chi connectivity index (χ4v) is 5.35. The zero-order valence-corrected chi connectivity index (χ0v) is 17.0. The van der Waals surface area contributed by atoms with Gasteiger partial charge >= 0.3 is 0 Å². The van der Waals surface area contributed by atoms with E-state index in [-0.39, 0.29) is 0 Å². The van der Waals surface area contributed by atoms with Crippen LogP contribution in [0.1, 0.15) is 25.7 Å². The molecule has 0 spiro atoms. The van der Waals surface area contributed by atoms with Gasteiger partial charge in [-0.2, -0.15) is 0 Å². The molecule has 0 atom stereocenters. The van der Waals surface area contributed by atoms with E-state index < -0.39 is 0 Å². The van der Waals surface area contributed by atoms with Gasteiger partial charge in [-0.3, -0.25) is 0 Å². The molecule has 4 radical (unpaired) electrons. The van der Waals surface area contributed by atoms with Crippen LogP contribution in [0.25, 0.3) is 0 Å². The van der Waals surface area contributed by atoms with Gasteiger partial charge in [0.25, 0.3) is 0 Å². The molecule has 0 aliphatic heterocycles. The fourth-order valence-electron chi connectivity index (χ4n) is 1.03. The molecule has 15 heavy (non-hydrogen) atoms. The topological polar surface area (TPSA) is 0 Å². The van der Waals surface area contributed by atoms with Crippen molar-refractivity contribution >= 4 is 82.8 Å². The van der Waals surface area contributed by atoms with Crippen LogP contribution in [0.3, 0.4) is 0 Å². The zero-order valence-electron chi connectivity index (χ0n) is 8.62. The molecule has 88 valence electrons. The van der Waals surface area contributed by atoms with E-state index in [1.807, 2.05) is 0 Å². The molecule has 0 amide bonds. The molecule has 0 saturated carbocycles. The fraction of sp³-hybridized carbons (Fsp3) is 1.00. The van der Waals surface area contributed by atoms with E-state index in [0.717, 1.165) is 0 Å². The standard InChI is InChI=1S/C9H16Br4Si2/c10-8(11)3-1-5-14-7-15-6-2-4-9(12)13/h8-9H,1-7H2. The zero-order chi connectivity index (χ0) is 11.5. The van der Waals surface area contributed by atoms with Crippen molar-refractivity contribution in [1.29, 1.82) is 0 Å². The van der Waals surface area contributed by atoms with Crippen molar-refractivity contribution in [3.63, 3.8) is 0 Å². The molecule has 6 heteroatoms. The number of alkyl halides is 4. The molecule has 0 N–H and O–H groups in total. The van der Waals surface area contributed by atoms with E-state index in [1.54, 1.807) is 0 Å². The molecule has 0 nitrogen and oxygen atoms in total. The normalized spacial score (nSPS) is 11.6. The van der Waals surface area contributed by atoms with Crippen LogP contribution in [-0.4, -0.2) is 26.5 Å². The van der Waals surface area contributed by atoms with Gasteiger partial charge in [-0.15, -0.1) is 0 Å². The van der Waals surface area contributed by atoms with Crippen molar-refractivity contribution in [2.75, 3.05) is 0 Å². The third-order valence-electron chi connectivity index (χ3n) is 1.80. The van der Waals surface area contributed by atoms with Gasteiger partial charge in [0.1, 0.15) is 0 Å². The molecule has 0 rings (SSSR count). The Kier molecular flexibility index (Phi) is 14.8. The Balaban J connectivity index is 2.93. The van der Waals surface area contributed by atoms with Crippen molar-refractivity contribution in [1.82, 2.24) is 0 Å². The summed E-state index contributed by atoms with van der Waals surface area (Å²) in [4.78, 5) is 0. The third-order valence-corrected chi connectivity index (χ3v) is 7.05. The number of rotatable bonds is 10. The molecule has 0 fully saturated rings. The SMILES string of the molecule is BrC(Br)CCC[Si]C[Si]CCCC(Br)Br. The molecular formula is C9H16Br4Si2. The Morgan fingerprint density at radius 2 is 1.13 bits per heavy atom. The Morgan fingerprint density at radius 3 is 1.47 bits per heavy atom. The number of halogens is 4. The van der Waals surface area contributed by atoms with Crippen molar-refractivity contribution < 1.29 is 0 Å². The van der Waals surface area contributed by atoms with Gasteiger partial charge in [-0.05, 0) is 12.8 Å². The van der Waals surface area contributed by atoms with E-state index in [2.05, 4.69) is 63.7 Å². The van der Waals surface area contributed by atoms with Gasteiger partial charge in [-0.1, -0.05) is 94.3 Å². The summed E-state index contributed by atoms with van der Waals surface area (Å²) in [7, 11) is 2.37. The van der Waals surface area contributed by atoms with Crippen molar-refractivity contribution in [3.8, 4) is 0 Å². The predicted molar refractivity (Wildman–Crippen MR) is 87.7 cm³/mol. The highest BCUT2D eigenvalue weighted by Gasteiger charge is 1.99. The maximum atomic E-state index is 3.50. The summed E-state index contributed by atoms with van der Waals surface area (Å²) in [6, 6.07) is 2.83. The molecular weight excluding hydrogens is 484 g/mol. The molecule has 0 saturated heterocycles. The van der Waals surface area contributed by atoms with Crippen LogP contribution < -0.4 is 0 Å². The molecule has 0 aromatic rings. The van der Waals surface area contributed by atoms with Crippen LogP contribution in [-0.2, 0) is 0 Å². The van der Waals surface area contributed by atoms with Gasteiger partial charge < -0.3 is 0 Å².